The molecule has 1 aromatic rings. The lowest BCUT2D eigenvalue weighted by Crippen LogP contribution is -2.23. The topological polar surface area (TPSA) is 47.3 Å². The first-order valence-corrected chi connectivity index (χ1v) is 6.10. The maximum Gasteiger partial charge on any atom is 0.145 e. The first kappa shape index (κ1) is 10.3. The van der Waals surface area contributed by atoms with E-state index in [0.29, 0.717) is 6.04 Å². The van der Waals surface area contributed by atoms with Crippen LogP contribution in [0, 0.1) is 0 Å². The number of hydrogen-bond donors (Lipinski definition) is 1. The highest BCUT2D eigenvalue weighted by Gasteiger charge is 2.30. The van der Waals surface area contributed by atoms with Gasteiger partial charge in [0.25, 0.3) is 0 Å². The van der Waals surface area contributed by atoms with Crippen molar-refractivity contribution >= 4 is 0 Å². The molecule has 1 aliphatic heterocycles. The summed E-state index contributed by atoms with van der Waals surface area (Å²) in [5.41, 5.74) is 2.20. The van der Waals surface area contributed by atoms with Gasteiger partial charge in [-0.05, 0) is 26.7 Å². The van der Waals surface area contributed by atoms with Crippen LogP contribution >= 0.6 is 0 Å². The molecule has 2 unspecified atom stereocenters. The molecule has 0 saturated heterocycles. The van der Waals surface area contributed by atoms with E-state index in [4.69, 9.17) is 9.26 Å². The van der Waals surface area contributed by atoms with Crippen LogP contribution in [0.2, 0.25) is 0 Å². The quantitative estimate of drug-likeness (QED) is 0.849. The molecular formula is C12H18N2O2. The average Bonchev–Trinajstić information content (AvgIpc) is 2.96. The standard InChI is InChI=1S/C12H18N2O2/c1-7-5-11-12(8(2)15-7)10(14-16-11)6-13-9-3-4-9/h7-9,13H,3-6H2,1-2H3. The Morgan fingerprint density at radius 3 is 2.94 bits per heavy atom. The zero-order valence-electron chi connectivity index (χ0n) is 9.82. The van der Waals surface area contributed by atoms with Gasteiger partial charge >= 0.3 is 0 Å². The van der Waals surface area contributed by atoms with Gasteiger partial charge in [0.15, 0.2) is 0 Å². The molecule has 0 spiro atoms. The molecule has 4 nitrogen and oxygen atoms in total. The van der Waals surface area contributed by atoms with E-state index >= 15 is 0 Å². The van der Waals surface area contributed by atoms with Gasteiger partial charge in [0, 0.05) is 24.6 Å². The Kier molecular flexibility index (Phi) is 2.48. The van der Waals surface area contributed by atoms with Gasteiger partial charge in [-0.1, -0.05) is 5.16 Å². The smallest absolute Gasteiger partial charge is 0.145 e. The molecule has 1 fully saturated rings. The van der Waals surface area contributed by atoms with Crippen molar-refractivity contribution < 1.29 is 9.26 Å². The van der Waals surface area contributed by atoms with E-state index < -0.39 is 0 Å². The predicted octanol–water partition coefficient (Wildman–Crippen LogP) is 1.95. The van der Waals surface area contributed by atoms with Crippen LogP contribution in [0.4, 0.5) is 0 Å². The molecule has 1 N–H and O–H groups in total. The van der Waals surface area contributed by atoms with Crippen LogP contribution in [0.25, 0.3) is 0 Å². The third kappa shape index (κ3) is 1.87. The van der Waals surface area contributed by atoms with E-state index in [0.717, 1.165) is 24.4 Å². The van der Waals surface area contributed by atoms with Crippen LogP contribution in [0.3, 0.4) is 0 Å². The summed E-state index contributed by atoms with van der Waals surface area (Å²) in [6.07, 6.45) is 3.78. The van der Waals surface area contributed by atoms with Crippen LogP contribution in [-0.2, 0) is 17.7 Å². The van der Waals surface area contributed by atoms with Gasteiger partial charge in [-0.25, -0.2) is 0 Å². The number of aromatic nitrogens is 1. The summed E-state index contributed by atoms with van der Waals surface area (Å²) in [6.45, 7) is 4.96. The molecule has 2 heterocycles. The average molecular weight is 222 g/mol. The minimum Gasteiger partial charge on any atom is -0.370 e. The summed E-state index contributed by atoms with van der Waals surface area (Å²) in [5, 5.41) is 7.63. The second-order valence-corrected chi connectivity index (χ2v) is 4.91. The normalized spacial score (nSPS) is 29.1. The number of nitrogens with zero attached hydrogens (tertiary/aromatic N) is 1. The van der Waals surface area contributed by atoms with Crippen LogP contribution in [0.5, 0.6) is 0 Å². The summed E-state index contributed by atoms with van der Waals surface area (Å²) in [5.74, 6) is 1.01. The van der Waals surface area contributed by atoms with Crippen molar-refractivity contribution in [1.82, 2.24) is 10.5 Å². The van der Waals surface area contributed by atoms with Crippen molar-refractivity contribution in [3.63, 3.8) is 0 Å². The highest BCUT2D eigenvalue weighted by atomic mass is 16.5. The molecule has 0 amide bonds. The first-order chi connectivity index (χ1) is 7.74. The molecule has 2 atom stereocenters. The molecule has 88 valence electrons. The summed E-state index contributed by atoms with van der Waals surface area (Å²) < 4.78 is 11.2. The van der Waals surface area contributed by atoms with Gasteiger partial charge in [-0.3, -0.25) is 0 Å². The zero-order chi connectivity index (χ0) is 11.1. The van der Waals surface area contributed by atoms with Crippen LogP contribution in [0.1, 0.15) is 49.8 Å². The number of nitrogens with one attached hydrogen (secondary N) is 1. The van der Waals surface area contributed by atoms with Crippen molar-refractivity contribution in [2.45, 2.75) is 57.9 Å². The lowest BCUT2D eigenvalue weighted by molar-refractivity contribution is -0.0102. The molecule has 16 heavy (non-hydrogen) atoms. The lowest BCUT2D eigenvalue weighted by Gasteiger charge is -2.24. The molecule has 1 saturated carbocycles. The Morgan fingerprint density at radius 2 is 2.19 bits per heavy atom. The van der Waals surface area contributed by atoms with Crippen molar-refractivity contribution in [3.8, 4) is 0 Å². The Hall–Kier alpha value is -0.870. The van der Waals surface area contributed by atoms with Crippen molar-refractivity contribution in [2.24, 2.45) is 0 Å². The van der Waals surface area contributed by atoms with E-state index in [1.807, 2.05) is 0 Å². The highest BCUT2D eigenvalue weighted by molar-refractivity contribution is 5.27. The number of ether oxygens (including phenoxy) is 1. The Bertz CT molecular complexity index is 384. The van der Waals surface area contributed by atoms with Crippen LogP contribution in [0.15, 0.2) is 4.52 Å². The number of hydrogen-bond acceptors (Lipinski definition) is 4. The van der Waals surface area contributed by atoms with Crippen molar-refractivity contribution in [1.29, 1.82) is 0 Å². The maximum atomic E-state index is 5.81. The second-order valence-electron chi connectivity index (χ2n) is 4.91. The first-order valence-electron chi connectivity index (χ1n) is 6.10. The van der Waals surface area contributed by atoms with Crippen molar-refractivity contribution in [3.05, 3.63) is 17.0 Å². The molecule has 4 heteroatoms. The molecular weight excluding hydrogens is 204 g/mol. The Labute approximate surface area is 95.3 Å². The van der Waals surface area contributed by atoms with E-state index in [9.17, 15) is 0 Å². The fourth-order valence-corrected chi connectivity index (χ4v) is 2.36. The third-order valence-corrected chi connectivity index (χ3v) is 3.33. The summed E-state index contributed by atoms with van der Waals surface area (Å²) in [6, 6.07) is 0.700. The molecule has 0 aromatic carbocycles. The maximum absolute atomic E-state index is 5.81. The van der Waals surface area contributed by atoms with E-state index in [-0.39, 0.29) is 12.2 Å². The van der Waals surface area contributed by atoms with Crippen LogP contribution < -0.4 is 5.32 Å². The van der Waals surface area contributed by atoms with Gasteiger partial charge in [-0.2, -0.15) is 0 Å². The van der Waals surface area contributed by atoms with E-state index in [1.54, 1.807) is 0 Å². The summed E-state index contributed by atoms with van der Waals surface area (Å²) in [4.78, 5) is 0. The van der Waals surface area contributed by atoms with Gasteiger partial charge in [0.2, 0.25) is 0 Å². The summed E-state index contributed by atoms with van der Waals surface area (Å²) in [7, 11) is 0. The summed E-state index contributed by atoms with van der Waals surface area (Å²) >= 11 is 0. The minimum atomic E-state index is 0.112. The van der Waals surface area contributed by atoms with E-state index in [1.165, 1.54) is 18.4 Å². The second kappa shape index (κ2) is 3.86. The molecule has 1 aromatic heterocycles. The largest absolute Gasteiger partial charge is 0.370 e. The highest BCUT2D eigenvalue weighted by Crippen LogP contribution is 2.32. The SMILES string of the molecule is CC1Cc2onc(CNC3CC3)c2C(C)O1. The van der Waals surface area contributed by atoms with Gasteiger partial charge in [0.1, 0.15) is 11.5 Å². The predicted molar refractivity (Wildman–Crippen MR) is 59.0 cm³/mol. The lowest BCUT2D eigenvalue weighted by atomic mass is 10.0. The van der Waals surface area contributed by atoms with E-state index in [2.05, 4.69) is 24.3 Å². The van der Waals surface area contributed by atoms with Crippen LogP contribution in [-0.4, -0.2) is 17.3 Å². The van der Waals surface area contributed by atoms with Gasteiger partial charge < -0.3 is 14.6 Å². The molecule has 0 bridgehead atoms. The Balaban J connectivity index is 1.78. The zero-order valence-corrected chi connectivity index (χ0v) is 9.82. The minimum absolute atomic E-state index is 0.112. The molecule has 3 rings (SSSR count). The number of fused-ring (bicyclic) bond motifs is 1. The molecule has 1 aliphatic carbocycles. The number of rotatable bonds is 3. The van der Waals surface area contributed by atoms with Crippen molar-refractivity contribution in [2.75, 3.05) is 0 Å². The Morgan fingerprint density at radius 1 is 1.38 bits per heavy atom. The molecule has 0 radical (unpaired) electrons. The van der Waals surface area contributed by atoms with Gasteiger partial charge in [0.05, 0.1) is 12.2 Å². The fourth-order valence-electron chi connectivity index (χ4n) is 2.36. The fraction of sp³-hybridized carbons (Fsp3) is 0.750. The molecule has 2 aliphatic rings. The third-order valence-electron chi connectivity index (χ3n) is 3.33. The van der Waals surface area contributed by atoms with Gasteiger partial charge in [-0.15, -0.1) is 0 Å². The monoisotopic (exact) mass is 222 g/mol.